The standard InChI is InChI=1S/C37H47F3N6O5S/c1-20-12-30(52-7)29(34(48)44-20)16-41-33(47)27-13-28(24-14-42-35(43-15-24)46-17-21(2)49-22(3)18-46)32-31(23(27)4)50-36(5,51-32)25-8-10-26(11-9-25)45(6)19-37(38,39)40/h12-15,21-22,25-26H,8-11,16-19H2,1-7H3,(H,41,47)(H,44,48). The maximum atomic E-state index is 13.9. The van der Waals surface area contributed by atoms with Crippen LogP contribution in [-0.4, -0.2) is 88.9 Å². The average Bonchev–Trinajstić information content (AvgIpc) is 3.45. The maximum absolute atomic E-state index is 13.9. The number of hydrogen-bond acceptors (Lipinski definition) is 10. The van der Waals surface area contributed by atoms with Gasteiger partial charge in [-0.2, -0.15) is 13.2 Å². The molecule has 52 heavy (non-hydrogen) atoms. The van der Waals surface area contributed by atoms with Crippen molar-refractivity contribution in [3.05, 3.63) is 57.3 Å². The molecule has 0 radical (unpaired) electrons. The molecule has 1 saturated heterocycles. The van der Waals surface area contributed by atoms with Gasteiger partial charge < -0.3 is 29.4 Å². The Morgan fingerprint density at radius 3 is 2.33 bits per heavy atom. The fourth-order valence-corrected chi connectivity index (χ4v) is 8.42. The van der Waals surface area contributed by atoms with Crippen LogP contribution in [0, 0.1) is 19.8 Å². The summed E-state index contributed by atoms with van der Waals surface area (Å²) in [5.41, 5.74) is 3.03. The van der Waals surface area contributed by atoms with Crippen LogP contribution >= 0.6 is 11.8 Å². The number of nitrogens with zero attached hydrogens (tertiary/aromatic N) is 4. The first-order valence-electron chi connectivity index (χ1n) is 17.7. The Balaban J connectivity index is 1.30. The average molecular weight is 745 g/mol. The van der Waals surface area contributed by atoms with Crippen molar-refractivity contribution in [2.75, 3.05) is 37.8 Å². The minimum atomic E-state index is -4.26. The van der Waals surface area contributed by atoms with Gasteiger partial charge in [-0.25, -0.2) is 9.97 Å². The number of benzene rings is 1. The van der Waals surface area contributed by atoms with Crippen LogP contribution in [0.3, 0.4) is 0 Å². The molecule has 3 aromatic rings. The number of hydrogen-bond donors (Lipinski definition) is 2. The van der Waals surface area contributed by atoms with Crippen molar-refractivity contribution >= 4 is 23.6 Å². The number of morpholine rings is 1. The van der Waals surface area contributed by atoms with Gasteiger partial charge in [-0.05, 0) is 78.8 Å². The first-order chi connectivity index (χ1) is 24.5. The summed E-state index contributed by atoms with van der Waals surface area (Å²) in [6.45, 7) is 9.86. The summed E-state index contributed by atoms with van der Waals surface area (Å²) in [6, 6.07) is 3.42. The predicted molar refractivity (Wildman–Crippen MR) is 193 cm³/mol. The van der Waals surface area contributed by atoms with Crippen molar-refractivity contribution in [3.8, 4) is 22.6 Å². The van der Waals surface area contributed by atoms with Crippen LogP contribution in [0.1, 0.15) is 73.6 Å². The molecule has 0 spiro atoms. The Kier molecular flexibility index (Phi) is 10.9. The largest absolute Gasteiger partial charge is 0.448 e. The molecular weight excluding hydrogens is 698 g/mol. The van der Waals surface area contributed by atoms with Crippen molar-refractivity contribution < 1.29 is 32.2 Å². The molecule has 1 aliphatic carbocycles. The van der Waals surface area contributed by atoms with E-state index in [-0.39, 0.29) is 36.3 Å². The Labute approximate surface area is 306 Å². The highest BCUT2D eigenvalue weighted by Crippen LogP contribution is 2.53. The highest BCUT2D eigenvalue weighted by atomic mass is 32.2. The first-order valence-corrected chi connectivity index (χ1v) is 18.9. The minimum Gasteiger partial charge on any atom is -0.448 e. The summed E-state index contributed by atoms with van der Waals surface area (Å²) in [4.78, 5) is 43.2. The fourth-order valence-electron chi connectivity index (χ4n) is 7.72. The molecule has 3 atom stereocenters. The van der Waals surface area contributed by atoms with Crippen LogP contribution in [0.15, 0.2) is 34.2 Å². The molecule has 2 aromatic heterocycles. The number of alkyl halides is 3. The molecule has 11 nitrogen and oxygen atoms in total. The fraction of sp³-hybridized carbons (Fsp3) is 0.568. The third-order valence-corrected chi connectivity index (χ3v) is 11.2. The number of fused-ring (bicyclic) bond motifs is 1. The van der Waals surface area contributed by atoms with Gasteiger partial charge in [-0.3, -0.25) is 14.5 Å². The van der Waals surface area contributed by atoms with Crippen molar-refractivity contribution in [1.82, 2.24) is 25.2 Å². The smallest absolute Gasteiger partial charge is 0.401 e. The molecule has 1 saturated carbocycles. The van der Waals surface area contributed by atoms with E-state index >= 15 is 0 Å². The molecule has 2 N–H and O–H groups in total. The zero-order valence-electron chi connectivity index (χ0n) is 30.6. The van der Waals surface area contributed by atoms with Crippen molar-refractivity contribution in [2.45, 2.75) is 102 Å². The van der Waals surface area contributed by atoms with Crippen LogP contribution in [0.2, 0.25) is 0 Å². The van der Waals surface area contributed by atoms with E-state index in [2.05, 4.69) is 15.2 Å². The quantitative estimate of drug-likeness (QED) is 0.243. The number of aromatic nitrogens is 3. The number of pyridine rings is 1. The number of ether oxygens (including phenoxy) is 3. The van der Waals surface area contributed by atoms with Crippen LogP contribution in [0.25, 0.3) is 11.1 Å². The van der Waals surface area contributed by atoms with Crippen molar-refractivity contribution in [3.63, 3.8) is 0 Å². The maximum Gasteiger partial charge on any atom is 0.401 e. The van der Waals surface area contributed by atoms with Gasteiger partial charge in [0.1, 0.15) is 0 Å². The van der Waals surface area contributed by atoms with Gasteiger partial charge in [-0.1, -0.05) is 0 Å². The van der Waals surface area contributed by atoms with Crippen LogP contribution in [-0.2, 0) is 11.3 Å². The Hall–Kier alpha value is -3.82. The number of aryl methyl sites for hydroxylation is 1. The molecule has 282 valence electrons. The SMILES string of the molecule is CSc1cc(C)[nH]c(=O)c1CNC(=O)c1cc(-c2cnc(N3CC(C)OC(C)C3)nc2)c2c(c1C)OC(C)(C1CCC(N(C)CC(F)(F)F)CC1)O2. The third kappa shape index (κ3) is 8.05. The van der Waals surface area contributed by atoms with E-state index in [4.69, 9.17) is 24.2 Å². The summed E-state index contributed by atoms with van der Waals surface area (Å²) in [6.07, 6.45) is 3.44. The molecule has 3 unspecified atom stereocenters. The third-order valence-electron chi connectivity index (χ3n) is 10.4. The number of thioether (sulfide) groups is 1. The van der Waals surface area contributed by atoms with Gasteiger partial charge in [0.25, 0.3) is 17.3 Å². The van der Waals surface area contributed by atoms with E-state index in [9.17, 15) is 22.8 Å². The minimum absolute atomic E-state index is 0.0196. The monoisotopic (exact) mass is 744 g/mol. The Morgan fingerprint density at radius 2 is 1.71 bits per heavy atom. The first kappa shape index (κ1) is 37.9. The summed E-state index contributed by atoms with van der Waals surface area (Å²) in [7, 11) is 1.52. The highest BCUT2D eigenvalue weighted by Gasteiger charge is 2.48. The van der Waals surface area contributed by atoms with E-state index < -0.39 is 24.4 Å². The summed E-state index contributed by atoms with van der Waals surface area (Å²) < 4.78 is 58.5. The number of carbonyl (C=O) groups excluding carboxylic acids is 1. The number of anilines is 1. The molecule has 3 aliphatic rings. The van der Waals surface area contributed by atoms with Crippen LogP contribution in [0.5, 0.6) is 11.5 Å². The Bertz CT molecular complexity index is 1840. The van der Waals surface area contributed by atoms with E-state index in [1.54, 1.807) is 25.4 Å². The van der Waals surface area contributed by atoms with E-state index in [1.165, 1.54) is 23.7 Å². The molecule has 2 fully saturated rings. The number of aromatic amines is 1. The molecule has 2 aliphatic heterocycles. The lowest BCUT2D eigenvalue weighted by Gasteiger charge is -2.40. The van der Waals surface area contributed by atoms with Crippen LogP contribution in [0.4, 0.5) is 19.1 Å². The zero-order chi connectivity index (χ0) is 37.5. The summed E-state index contributed by atoms with van der Waals surface area (Å²) >= 11 is 1.43. The lowest BCUT2D eigenvalue weighted by molar-refractivity contribution is -0.153. The van der Waals surface area contributed by atoms with E-state index in [0.717, 1.165) is 10.6 Å². The Morgan fingerprint density at radius 1 is 1.08 bits per heavy atom. The molecule has 6 rings (SSSR count). The number of nitrogens with one attached hydrogen (secondary N) is 2. The van der Waals surface area contributed by atoms with Gasteiger partial charge in [0.2, 0.25) is 5.95 Å². The van der Waals surface area contributed by atoms with Gasteiger partial charge in [0.05, 0.1) is 18.8 Å². The summed E-state index contributed by atoms with van der Waals surface area (Å²) in [5.74, 6) is -0.185. The second kappa shape index (κ2) is 14.9. The van der Waals surface area contributed by atoms with E-state index in [1.807, 2.05) is 40.0 Å². The van der Waals surface area contributed by atoms with Gasteiger partial charge in [0, 0.05) is 89.3 Å². The molecule has 1 aromatic carbocycles. The lowest BCUT2D eigenvalue weighted by atomic mass is 9.81. The highest BCUT2D eigenvalue weighted by molar-refractivity contribution is 7.98. The number of carbonyl (C=O) groups is 1. The molecule has 4 heterocycles. The predicted octanol–water partition coefficient (Wildman–Crippen LogP) is 6.25. The molecule has 0 bridgehead atoms. The lowest BCUT2D eigenvalue weighted by Crippen LogP contribution is -2.48. The van der Waals surface area contributed by atoms with Gasteiger partial charge in [0.15, 0.2) is 11.5 Å². The van der Waals surface area contributed by atoms with Gasteiger partial charge in [-0.15, -0.1) is 11.8 Å². The topological polar surface area (TPSA) is 122 Å². The van der Waals surface area contributed by atoms with E-state index in [0.29, 0.717) is 84.0 Å². The van der Waals surface area contributed by atoms with Crippen molar-refractivity contribution in [1.29, 1.82) is 0 Å². The second-order valence-corrected chi connectivity index (χ2v) is 15.3. The zero-order valence-corrected chi connectivity index (χ0v) is 31.5. The second-order valence-electron chi connectivity index (χ2n) is 14.5. The summed E-state index contributed by atoms with van der Waals surface area (Å²) in [5, 5.41) is 2.93. The molecular formula is C37H47F3N6O5S. The number of H-pyrrole nitrogens is 1. The molecule has 15 heteroatoms. The number of halogens is 3. The molecule has 1 amide bonds. The number of amides is 1. The van der Waals surface area contributed by atoms with Gasteiger partial charge >= 0.3 is 6.18 Å². The van der Waals surface area contributed by atoms with Crippen molar-refractivity contribution in [2.24, 2.45) is 5.92 Å². The number of rotatable bonds is 9. The van der Waals surface area contributed by atoms with Crippen LogP contribution < -0.4 is 25.2 Å². The normalized spacial score (nSPS) is 24.7.